The van der Waals surface area contributed by atoms with Gasteiger partial charge in [-0.15, -0.1) is 0 Å². The van der Waals surface area contributed by atoms with Gasteiger partial charge in [-0.2, -0.15) is 0 Å². The number of ether oxygens (including phenoxy) is 1. The summed E-state index contributed by atoms with van der Waals surface area (Å²) < 4.78 is 10.6. The van der Waals surface area contributed by atoms with Gasteiger partial charge in [0.1, 0.15) is 17.3 Å². The number of amides is 1. The molecule has 22 heavy (non-hydrogen) atoms. The molecule has 0 aliphatic heterocycles. The molecule has 0 radical (unpaired) electrons. The summed E-state index contributed by atoms with van der Waals surface area (Å²) in [7, 11) is 1.57. The minimum atomic E-state index is -0.194. The molecule has 0 spiro atoms. The first-order chi connectivity index (χ1) is 10.5. The fourth-order valence-electron chi connectivity index (χ4n) is 2.10. The maximum absolute atomic E-state index is 11.9. The zero-order chi connectivity index (χ0) is 16.1. The Morgan fingerprint density at radius 1 is 1.36 bits per heavy atom. The van der Waals surface area contributed by atoms with E-state index in [-0.39, 0.29) is 5.91 Å². The van der Waals surface area contributed by atoms with E-state index in [2.05, 4.69) is 5.32 Å². The summed E-state index contributed by atoms with van der Waals surface area (Å²) in [5.41, 5.74) is 1.72. The molecule has 0 fully saturated rings. The van der Waals surface area contributed by atoms with Gasteiger partial charge in [0.2, 0.25) is 5.91 Å². The molecule has 1 amide bonds. The molecule has 0 atom stereocenters. The fourth-order valence-corrected chi connectivity index (χ4v) is 2.28. The van der Waals surface area contributed by atoms with E-state index in [1.165, 1.54) is 6.08 Å². The molecule has 5 heteroatoms. The van der Waals surface area contributed by atoms with E-state index in [1.54, 1.807) is 31.4 Å². The second kappa shape index (κ2) is 7.18. The van der Waals surface area contributed by atoms with Gasteiger partial charge in [-0.3, -0.25) is 4.79 Å². The Bertz CT molecular complexity index is 704. The SMILES string of the molecule is COc1ccc(Cl)cc1/C=C/C(=O)NCc1cc(C)oc1C. The lowest BCUT2D eigenvalue weighted by molar-refractivity contribution is -0.116. The van der Waals surface area contributed by atoms with E-state index in [0.29, 0.717) is 17.3 Å². The molecule has 0 aliphatic rings. The van der Waals surface area contributed by atoms with Crippen LogP contribution in [0.3, 0.4) is 0 Å². The Labute approximate surface area is 134 Å². The molecule has 2 aromatic rings. The van der Waals surface area contributed by atoms with Crippen molar-refractivity contribution in [2.75, 3.05) is 7.11 Å². The van der Waals surface area contributed by atoms with Gasteiger partial charge in [-0.25, -0.2) is 0 Å². The van der Waals surface area contributed by atoms with Crippen molar-refractivity contribution in [3.63, 3.8) is 0 Å². The minimum absolute atomic E-state index is 0.194. The highest BCUT2D eigenvalue weighted by Gasteiger charge is 2.06. The van der Waals surface area contributed by atoms with Gasteiger partial charge in [-0.1, -0.05) is 11.6 Å². The standard InChI is InChI=1S/C17H18ClNO3/c1-11-8-14(12(2)22-11)10-19-17(20)7-4-13-9-15(18)5-6-16(13)21-3/h4-9H,10H2,1-3H3,(H,19,20)/b7-4+. The first-order valence-electron chi connectivity index (χ1n) is 6.85. The average molecular weight is 320 g/mol. The number of carbonyl (C=O) groups is 1. The van der Waals surface area contributed by atoms with Gasteiger partial charge < -0.3 is 14.5 Å². The number of benzene rings is 1. The summed E-state index contributed by atoms with van der Waals surface area (Å²) in [6.45, 7) is 4.18. The Kier molecular flexibility index (Phi) is 5.28. The quantitative estimate of drug-likeness (QED) is 0.851. The molecule has 4 nitrogen and oxygen atoms in total. The summed E-state index contributed by atoms with van der Waals surface area (Å²) >= 11 is 5.95. The van der Waals surface area contributed by atoms with Crippen molar-refractivity contribution < 1.29 is 13.9 Å². The van der Waals surface area contributed by atoms with Crippen molar-refractivity contribution in [1.29, 1.82) is 0 Å². The number of hydrogen-bond acceptors (Lipinski definition) is 3. The molecule has 116 valence electrons. The van der Waals surface area contributed by atoms with Crippen LogP contribution < -0.4 is 10.1 Å². The number of aryl methyl sites for hydroxylation is 2. The second-order valence-electron chi connectivity index (χ2n) is 4.88. The predicted octanol–water partition coefficient (Wildman–Crippen LogP) is 3.89. The topological polar surface area (TPSA) is 51.5 Å². The smallest absolute Gasteiger partial charge is 0.244 e. The fraction of sp³-hybridized carbons (Fsp3) is 0.235. The van der Waals surface area contributed by atoms with Crippen molar-refractivity contribution in [2.24, 2.45) is 0 Å². The Balaban J connectivity index is 2.00. The third-order valence-corrected chi connectivity index (χ3v) is 3.44. The van der Waals surface area contributed by atoms with Gasteiger partial charge in [0.25, 0.3) is 0 Å². The molecule has 0 saturated heterocycles. The van der Waals surface area contributed by atoms with E-state index in [9.17, 15) is 4.79 Å². The molecule has 2 rings (SSSR count). The molecular formula is C17H18ClNO3. The van der Waals surface area contributed by atoms with Crippen LogP contribution in [0.1, 0.15) is 22.6 Å². The van der Waals surface area contributed by atoms with Crippen LogP contribution in [0.15, 0.2) is 34.8 Å². The maximum atomic E-state index is 11.9. The largest absolute Gasteiger partial charge is 0.496 e. The van der Waals surface area contributed by atoms with E-state index in [4.69, 9.17) is 20.8 Å². The number of carbonyl (C=O) groups excluding carboxylic acids is 1. The van der Waals surface area contributed by atoms with Crippen molar-refractivity contribution in [2.45, 2.75) is 20.4 Å². The summed E-state index contributed by atoms with van der Waals surface area (Å²) in [6, 6.07) is 7.16. The number of nitrogens with one attached hydrogen (secondary N) is 1. The molecule has 0 aliphatic carbocycles. The lowest BCUT2D eigenvalue weighted by Gasteiger charge is -2.05. The summed E-state index contributed by atoms with van der Waals surface area (Å²) in [6.07, 6.45) is 3.13. The maximum Gasteiger partial charge on any atom is 0.244 e. The first-order valence-corrected chi connectivity index (χ1v) is 7.22. The van der Waals surface area contributed by atoms with Gasteiger partial charge in [0, 0.05) is 28.8 Å². The summed E-state index contributed by atoms with van der Waals surface area (Å²) in [5.74, 6) is 2.12. The van der Waals surface area contributed by atoms with E-state index in [0.717, 1.165) is 22.6 Å². The van der Waals surface area contributed by atoms with Crippen LogP contribution in [0, 0.1) is 13.8 Å². The first kappa shape index (κ1) is 16.2. The number of hydrogen-bond donors (Lipinski definition) is 1. The Morgan fingerprint density at radius 2 is 2.14 bits per heavy atom. The molecule has 1 N–H and O–H groups in total. The van der Waals surface area contributed by atoms with Crippen molar-refractivity contribution >= 4 is 23.6 Å². The van der Waals surface area contributed by atoms with Crippen molar-refractivity contribution in [3.8, 4) is 5.75 Å². The molecule has 1 heterocycles. The van der Waals surface area contributed by atoms with Gasteiger partial charge in [0.15, 0.2) is 0 Å². The minimum Gasteiger partial charge on any atom is -0.496 e. The van der Waals surface area contributed by atoms with Gasteiger partial charge in [0.05, 0.1) is 7.11 Å². The van der Waals surface area contributed by atoms with Crippen LogP contribution in [0.2, 0.25) is 5.02 Å². The van der Waals surface area contributed by atoms with Crippen molar-refractivity contribution in [1.82, 2.24) is 5.32 Å². The lowest BCUT2D eigenvalue weighted by Crippen LogP contribution is -2.20. The molecule has 0 bridgehead atoms. The van der Waals surface area contributed by atoms with Gasteiger partial charge >= 0.3 is 0 Å². The van der Waals surface area contributed by atoms with Crippen LogP contribution in [0.4, 0.5) is 0 Å². The van der Waals surface area contributed by atoms with Crippen molar-refractivity contribution in [3.05, 3.63) is 58.0 Å². The van der Waals surface area contributed by atoms with Gasteiger partial charge in [-0.05, 0) is 44.2 Å². The molecule has 1 aromatic heterocycles. The number of halogens is 1. The van der Waals surface area contributed by atoms with Crippen LogP contribution in [0.5, 0.6) is 5.75 Å². The Hall–Kier alpha value is -2.20. The molecule has 0 unspecified atom stereocenters. The number of rotatable bonds is 5. The highest BCUT2D eigenvalue weighted by Crippen LogP contribution is 2.23. The third-order valence-electron chi connectivity index (χ3n) is 3.20. The van der Waals surface area contributed by atoms with Crippen LogP contribution in [0.25, 0.3) is 6.08 Å². The van der Waals surface area contributed by atoms with E-state index >= 15 is 0 Å². The molecular weight excluding hydrogens is 302 g/mol. The summed E-state index contributed by atoms with van der Waals surface area (Å²) in [5, 5.41) is 3.40. The van der Waals surface area contributed by atoms with Crippen LogP contribution in [-0.2, 0) is 11.3 Å². The lowest BCUT2D eigenvalue weighted by atomic mass is 10.2. The molecule has 0 saturated carbocycles. The Morgan fingerprint density at radius 3 is 2.77 bits per heavy atom. The molecule has 1 aromatic carbocycles. The summed E-state index contributed by atoms with van der Waals surface area (Å²) in [4.78, 5) is 11.9. The highest BCUT2D eigenvalue weighted by atomic mass is 35.5. The monoisotopic (exact) mass is 319 g/mol. The van der Waals surface area contributed by atoms with E-state index in [1.807, 2.05) is 19.9 Å². The van der Waals surface area contributed by atoms with Crippen LogP contribution >= 0.6 is 11.6 Å². The zero-order valence-electron chi connectivity index (χ0n) is 12.8. The third kappa shape index (κ3) is 4.15. The number of furan rings is 1. The normalized spacial score (nSPS) is 10.9. The highest BCUT2D eigenvalue weighted by molar-refractivity contribution is 6.30. The second-order valence-corrected chi connectivity index (χ2v) is 5.31. The zero-order valence-corrected chi connectivity index (χ0v) is 13.5. The predicted molar refractivity (Wildman–Crippen MR) is 87.1 cm³/mol. The average Bonchev–Trinajstić information content (AvgIpc) is 2.81. The van der Waals surface area contributed by atoms with Crippen LogP contribution in [-0.4, -0.2) is 13.0 Å². The number of methoxy groups -OCH3 is 1. The van der Waals surface area contributed by atoms with E-state index < -0.39 is 0 Å².